The first kappa shape index (κ1) is 17.2. The molecule has 0 aliphatic carbocycles. The zero-order chi connectivity index (χ0) is 15.9. The van der Waals surface area contributed by atoms with Gasteiger partial charge in [-0.15, -0.1) is 10.3 Å². The fourth-order valence-corrected chi connectivity index (χ4v) is 3.79. The Morgan fingerprint density at radius 3 is 2.00 bits per heavy atom. The fourth-order valence-electron chi connectivity index (χ4n) is 3.79. The Balaban J connectivity index is 2.26. The van der Waals surface area contributed by atoms with Crippen molar-refractivity contribution in [1.29, 1.82) is 0 Å². The lowest BCUT2D eigenvalue weighted by atomic mass is 9.73. The van der Waals surface area contributed by atoms with Crippen molar-refractivity contribution in [2.75, 3.05) is 19.8 Å². The van der Waals surface area contributed by atoms with E-state index in [0.29, 0.717) is 26.1 Å². The molecule has 0 amide bonds. The zero-order valence-electron chi connectivity index (χ0n) is 14.1. The summed E-state index contributed by atoms with van der Waals surface area (Å²) in [5.41, 5.74) is -1.29. The summed E-state index contributed by atoms with van der Waals surface area (Å²) in [7, 11) is 0. The van der Waals surface area contributed by atoms with Crippen LogP contribution in [0.4, 0.5) is 0 Å². The summed E-state index contributed by atoms with van der Waals surface area (Å²) in [6.45, 7) is 11.0. The van der Waals surface area contributed by atoms with E-state index < -0.39 is 16.9 Å². The Morgan fingerprint density at radius 1 is 1.05 bits per heavy atom. The van der Waals surface area contributed by atoms with Crippen LogP contribution < -0.4 is 0 Å². The van der Waals surface area contributed by atoms with E-state index in [1.54, 1.807) is 0 Å². The molecule has 0 bridgehead atoms. The van der Waals surface area contributed by atoms with Crippen LogP contribution in [0.15, 0.2) is 0 Å². The largest absolute Gasteiger partial charge is 0.396 e. The van der Waals surface area contributed by atoms with Crippen LogP contribution in [0.1, 0.15) is 60.3 Å². The molecule has 0 unspecified atom stereocenters. The van der Waals surface area contributed by atoms with E-state index in [4.69, 9.17) is 9.47 Å². The quantitative estimate of drug-likeness (QED) is 0.870. The third-order valence-electron chi connectivity index (χ3n) is 5.35. The van der Waals surface area contributed by atoms with Crippen LogP contribution in [-0.2, 0) is 14.7 Å². The summed E-state index contributed by atoms with van der Waals surface area (Å²) in [6, 6.07) is 0. The van der Waals surface area contributed by atoms with Gasteiger partial charge in [-0.2, -0.15) is 0 Å². The lowest BCUT2D eigenvalue weighted by Crippen LogP contribution is -2.68. The monoisotopic (exact) mass is 300 g/mol. The third-order valence-corrected chi connectivity index (χ3v) is 5.35. The van der Waals surface area contributed by atoms with E-state index in [-0.39, 0.29) is 12.0 Å². The van der Waals surface area contributed by atoms with Gasteiger partial charge in [0, 0.05) is 23.8 Å². The van der Waals surface area contributed by atoms with Crippen LogP contribution in [0.2, 0.25) is 0 Å². The summed E-state index contributed by atoms with van der Waals surface area (Å²) in [4.78, 5) is 0. The summed E-state index contributed by atoms with van der Waals surface area (Å²) in [5, 5.41) is 23.5. The van der Waals surface area contributed by atoms with Crippen molar-refractivity contribution in [1.82, 2.24) is 5.06 Å². The first-order chi connectivity index (χ1) is 9.67. The normalized spacial score (nSPS) is 39.6. The summed E-state index contributed by atoms with van der Waals surface area (Å²) >= 11 is 0. The molecule has 2 aliphatic heterocycles. The predicted octanol–water partition coefficient (Wildman–Crippen LogP) is 2.51. The number of aliphatic hydroxyl groups excluding tert-OH is 1. The second kappa shape index (κ2) is 5.46. The van der Waals surface area contributed by atoms with Gasteiger partial charge < -0.3 is 14.6 Å². The molecule has 0 aromatic carbocycles. The standard InChI is InChI=1S/C16H30NO4/c1-6-15(7-2)9-16(8-13(3,4)17(15)19)20-11-14(5,10-18)12-21-16/h18H,6-12H2,1-5H3. The molecule has 123 valence electrons. The zero-order valence-corrected chi connectivity index (χ0v) is 14.1. The highest BCUT2D eigenvalue weighted by molar-refractivity contribution is 5.04. The predicted molar refractivity (Wildman–Crippen MR) is 79.0 cm³/mol. The number of ether oxygens (including phenoxy) is 2. The highest BCUT2D eigenvalue weighted by atomic mass is 16.7. The first-order valence-electron chi connectivity index (χ1n) is 8.03. The van der Waals surface area contributed by atoms with Gasteiger partial charge in [-0.25, -0.2) is 0 Å². The maximum atomic E-state index is 12.8. The average Bonchev–Trinajstić information content (AvgIpc) is 2.46. The third kappa shape index (κ3) is 2.86. The van der Waals surface area contributed by atoms with Gasteiger partial charge in [0.1, 0.15) is 0 Å². The van der Waals surface area contributed by atoms with E-state index in [9.17, 15) is 10.3 Å². The number of aliphatic hydroxyl groups is 1. The number of nitrogens with zero attached hydrogens (tertiary/aromatic N) is 1. The van der Waals surface area contributed by atoms with Gasteiger partial charge in [0.2, 0.25) is 0 Å². The molecule has 2 aliphatic rings. The van der Waals surface area contributed by atoms with E-state index >= 15 is 0 Å². The Hall–Kier alpha value is -0.200. The lowest BCUT2D eigenvalue weighted by Gasteiger charge is -2.58. The molecule has 2 saturated heterocycles. The minimum atomic E-state index is -0.689. The van der Waals surface area contributed by atoms with Gasteiger partial charge in [0.25, 0.3) is 0 Å². The van der Waals surface area contributed by atoms with Crippen molar-refractivity contribution in [2.24, 2.45) is 5.41 Å². The molecule has 0 atom stereocenters. The molecule has 0 aromatic rings. The van der Waals surface area contributed by atoms with Crippen molar-refractivity contribution < 1.29 is 19.8 Å². The number of hydrogen-bond acceptors (Lipinski definition) is 4. The molecule has 5 nitrogen and oxygen atoms in total. The van der Waals surface area contributed by atoms with E-state index in [2.05, 4.69) is 13.8 Å². The van der Waals surface area contributed by atoms with Crippen LogP contribution in [0, 0.1) is 5.41 Å². The highest BCUT2D eigenvalue weighted by Crippen LogP contribution is 2.50. The summed E-state index contributed by atoms with van der Waals surface area (Å²) < 4.78 is 12.2. The molecule has 1 radical (unpaired) electrons. The van der Waals surface area contributed by atoms with Crippen molar-refractivity contribution in [3.05, 3.63) is 0 Å². The van der Waals surface area contributed by atoms with Gasteiger partial charge >= 0.3 is 0 Å². The maximum Gasteiger partial charge on any atom is 0.172 e. The van der Waals surface area contributed by atoms with E-state index in [1.165, 1.54) is 5.06 Å². The van der Waals surface area contributed by atoms with E-state index in [1.807, 2.05) is 20.8 Å². The Labute approximate surface area is 128 Å². The minimum absolute atomic E-state index is 0.0485. The highest BCUT2D eigenvalue weighted by Gasteiger charge is 2.58. The van der Waals surface area contributed by atoms with Crippen LogP contribution in [0.5, 0.6) is 0 Å². The van der Waals surface area contributed by atoms with Crippen molar-refractivity contribution in [3.63, 3.8) is 0 Å². The topological polar surface area (TPSA) is 61.8 Å². The van der Waals surface area contributed by atoms with Crippen LogP contribution in [0.25, 0.3) is 0 Å². The molecule has 5 heteroatoms. The molecular formula is C16H30NO4. The van der Waals surface area contributed by atoms with Crippen LogP contribution in [0.3, 0.4) is 0 Å². The first-order valence-corrected chi connectivity index (χ1v) is 8.03. The smallest absolute Gasteiger partial charge is 0.172 e. The molecule has 0 saturated carbocycles. The number of hydrogen-bond donors (Lipinski definition) is 1. The van der Waals surface area contributed by atoms with Gasteiger partial charge in [-0.1, -0.05) is 20.8 Å². The van der Waals surface area contributed by atoms with Crippen LogP contribution >= 0.6 is 0 Å². The van der Waals surface area contributed by atoms with Crippen molar-refractivity contribution in [2.45, 2.75) is 77.2 Å². The summed E-state index contributed by atoms with van der Waals surface area (Å²) in [5.74, 6) is -0.689. The van der Waals surface area contributed by atoms with Gasteiger partial charge in [0.15, 0.2) is 5.79 Å². The Kier molecular flexibility index (Phi) is 4.46. The second-order valence-electron chi connectivity index (χ2n) is 7.85. The molecule has 2 rings (SSSR count). The number of rotatable bonds is 3. The SMILES string of the molecule is CCC1(CC)CC2(CC(C)(C)N1[O])OCC(C)(CO)CO2. The maximum absolute atomic E-state index is 12.8. The van der Waals surface area contributed by atoms with E-state index in [0.717, 1.165) is 12.8 Å². The molecule has 2 heterocycles. The van der Waals surface area contributed by atoms with Crippen molar-refractivity contribution >= 4 is 0 Å². The van der Waals surface area contributed by atoms with Gasteiger partial charge in [-0.05, 0) is 26.7 Å². The average molecular weight is 300 g/mol. The lowest BCUT2D eigenvalue weighted by molar-refractivity contribution is -0.392. The molecule has 2 fully saturated rings. The number of hydroxylamine groups is 2. The number of piperidine rings is 1. The van der Waals surface area contributed by atoms with Gasteiger partial charge in [0.05, 0.1) is 25.4 Å². The van der Waals surface area contributed by atoms with Crippen LogP contribution in [-0.4, -0.2) is 46.9 Å². The Morgan fingerprint density at radius 2 is 1.57 bits per heavy atom. The summed E-state index contributed by atoms with van der Waals surface area (Å²) in [6.07, 6.45) is 2.72. The van der Waals surface area contributed by atoms with Crippen molar-refractivity contribution in [3.8, 4) is 0 Å². The molecule has 1 spiro atoms. The Bertz CT molecular complexity index is 370. The molecule has 1 N–H and O–H groups in total. The fraction of sp³-hybridized carbons (Fsp3) is 1.00. The molecule has 0 aromatic heterocycles. The second-order valence-corrected chi connectivity index (χ2v) is 7.85. The minimum Gasteiger partial charge on any atom is -0.396 e. The molecular weight excluding hydrogens is 270 g/mol. The molecule has 21 heavy (non-hydrogen) atoms. The van der Waals surface area contributed by atoms with Gasteiger partial charge in [-0.3, -0.25) is 0 Å².